The smallest absolute Gasteiger partial charge is 0.239 e. The summed E-state index contributed by atoms with van der Waals surface area (Å²) in [5.41, 5.74) is 9.43. The van der Waals surface area contributed by atoms with Gasteiger partial charge in [-0.05, 0) is 50.2 Å². The fourth-order valence-corrected chi connectivity index (χ4v) is 2.94. The van der Waals surface area contributed by atoms with Crippen LogP contribution >= 0.6 is 0 Å². The minimum atomic E-state index is 0.0718. The van der Waals surface area contributed by atoms with Gasteiger partial charge in [0.15, 0.2) is 0 Å². The van der Waals surface area contributed by atoms with Gasteiger partial charge < -0.3 is 16.0 Å². The van der Waals surface area contributed by atoms with Crippen molar-refractivity contribution in [3.8, 4) is 0 Å². The van der Waals surface area contributed by atoms with Gasteiger partial charge in [0.25, 0.3) is 0 Å². The Labute approximate surface area is 125 Å². The molecule has 3 N–H and O–H groups in total. The molecule has 1 aromatic heterocycles. The molecule has 0 atom stereocenters. The van der Waals surface area contributed by atoms with Crippen molar-refractivity contribution in [1.29, 1.82) is 0 Å². The van der Waals surface area contributed by atoms with E-state index < -0.39 is 0 Å². The second-order valence-electron chi connectivity index (χ2n) is 6.19. The molecule has 1 amide bonds. The number of pyridine rings is 1. The molecule has 1 fully saturated rings. The maximum Gasteiger partial charge on any atom is 0.239 e. The van der Waals surface area contributed by atoms with E-state index in [9.17, 15) is 4.79 Å². The number of nitrogens with two attached hydrogens (primary N) is 1. The average molecular weight is 288 g/mol. The maximum atomic E-state index is 12.0. The van der Waals surface area contributed by atoms with E-state index >= 15 is 0 Å². The van der Waals surface area contributed by atoms with Gasteiger partial charge in [-0.25, -0.2) is 4.98 Å². The summed E-state index contributed by atoms with van der Waals surface area (Å²) in [5.74, 6) is 0.937. The van der Waals surface area contributed by atoms with Crippen LogP contribution in [0.1, 0.15) is 42.5 Å². The monoisotopic (exact) mass is 288 g/mol. The summed E-state index contributed by atoms with van der Waals surface area (Å²) in [7, 11) is 1.92. The summed E-state index contributed by atoms with van der Waals surface area (Å²) < 4.78 is 0. The first kappa shape index (κ1) is 14.3. The van der Waals surface area contributed by atoms with Gasteiger partial charge in [-0.1, -0.05) is 0 Å². The van der Waals surface area contributed by atoms with Crippen LogP contribution in [0.15, 0.2) is 6.07 Å². The summed E-state index contributed by atoms with van der Waals surface area (Å²) in [4.78, 5) is 18.7. The van der Waals surface area contributed by atoms with E-state index in [-0.39, 0.29) is 5.91 Å². The second kappa shape index (κ2) is 6.02. The largest absolute Gasteiger partial charge is 0.352 e. The third-order valence-electron chi connectivity index (χ3n) is 4.26. The molecule has 5 heteroatoms. The summed E-state index contributed by atoms with van der Waals surface area (Å²) in [6, 6.07) is 2.59. The molecule has 0 bridgehead atoms. The van der Waals surface area contributed by atoms with Crippen LogP contribution in [0.3, 0.4) is 0 Å². The molecule has 0 saturated heterocycles. The minimum Gasteiger partial charge on any atom is -0.352 e. The molecule has 0 radical (unpaired) electrons. The molecule has 1 aromatic rings. The SMILES string of the molecule is CN(CC(=O)NC1CC1)c1nc2c(cc1CN)CCCC2. The van der Waals surface area contributed by atoms with Crippen molar-refractivity contribution in [2.75, 3.05) is 18.5 Å². The summed E-state index contributed by atoms with van der Waals surface area (Å²) in [6.45, 7) is 0.805. The number of nitrogens with zero attached hydrogens (tertiary/aromatic N) is 2. The van der Waals surface area contributed by atoms with E-state index in [2.05, 4.69) is 11.4 Å². The van der Waals surface area contributed by atoms with Gasteiger partial charge in [-0.15, -0.1) is 0 Å². The number of nitrogens with one attached hydrogen (secondary N) is 1. The minimum absolute atomic E-state index is 0.0718. The van der Waals surface area contributed by atoms with Crippen LogP contribution in [-0.2, 0) is 24.2 Å². The van der Waals surface area contributed by atoms with Crippen molar-refractivity contribution >= 4 is 11.7 Å². The fraction of sp³-hybridized carbons (Fsp3) is 0.625. The van der Waals surface area contributed by atoms with E-state index in [1.165, 1.54) is 24.1 Å². The molecule has 0 aromatic carbocycles. The molecule has 2 aliphatic carbocycles. The lowest BCUT2D eigenvalue weighted by atomic mass is 9.94. The zero-order chi connectivity index (χ0) is 14.8. The maximum absolute atomic E-state index is 12.0. The van der Waals surface area contributed by atoms with E-state index in [0.29, 0.717) is 19.1 Å². The quantitative estimate of drug-likeness (QED) is 0.852. The lowest BCUT2D eigenvalue weighted by Crippen LogP contribution is -2.37. The van der Waals surface area contributed by atoms with Gasteiger partial charge >= 0.3 is 0 Å². The van der Waals surface area contributed by atoms with Crippen LogP contribution in [-0.4, -0.2) is 30.5 Å². The molecule has 1 saturated carbocycles. The zero-order valence-corrected chi connectivity index (χ0v) is 12.7. The van der Waals surface area contributed by atoms with Gasteiger partial charge in [-0.3, -0.25) is 4.79 Å². The number of hydrogen-bond donors (Lipinski definition) is 2. The number of hydrogen-bond acceptors (Lipinski definition) is 4. The topological polar surface area (TPSA) is 71.2 Å². The van der Waals surface area contributed by atoms with Crippen molar-refractivity contribution in [3.05, 3.63) is 22.9 Å². The van der Waals surface area contributed by atoms with Crippen molar-refractivity contribution in [1.82, 2.24) is 10.3 Å². The fourth-order valence-electron chi connectivity index (χ4n) is 2.94. The van der Waals surface area contributed by atoms with E-state index in [0.717, 1.165) is 37.1 Å². The van der Waals surface area contributed by atoms with E-state index in [1.807, 2.05) is 11.9 Å². The molecule has 0 spiro atoms. The number of carbonyl (C=O) groups excluding carboxylic acids is 1. The van der Waals surface area contributed by atoms with Crippen LogP contribution in [0, 0.1) is 0 Å². The first-order valence-corrected chi connectivity index (χ1v) is 7.89. The molecular weight excluding hydrogens is 264 g/mol. The average Bonchev–Trinajstić information content (AvgIpc) is 3.29. The number of amides is 1. The first-order valence-electron chi connectivity index (χ1n) is 7.89. The third kappa shape index (κ3) is 3.35. The Kier molecular flexibility index (Phi) is 4.10. The predicted octanol–water partition coefficient (Wildman–Crippen LogP) is 1.13. The molecule has 0 unspecified atom stereocenters. The second-order valence-corrected chi connectivity index (χ2v) is 6.19. The molecule has 3 rings (SSSR count). The van der Waals surface area contributed by atoms with E-state index in [1.54, 1.807) is 0 Å². The van der Waals surface area contributed by atoms with Crippen molar-refractivity contribution in [3.63, 3.8) is 0 Å². The lowest BCUT2D eigenvalue weighted by molar-refractivity contribution is -0.119. The molecule has 0 aliphatic heterocycles. The Morgan fingerprint density at radius 3 is 2.90 bits per heavy atom. The van der Waals surface area contributed by atoms with Crippen LogP contribution in [0.5, 0.6) is 0 Å². The third-order valence-corrected chi connectivity index (χ3v) is 4.26. The number of fused-ring (bicyclic) bond motifs is 1. The van der Waals surface area contributed by atoms with Crippen molar-refractivity contribution in [2.24, 2.45) is 5.73 Å². The van der Waals surface area contributed by atoms with Gasteiger partial charge in [-0.2, -0.15) is 0 Å². The number of rotatable bonds is 5. The van der Waals surface area contributed by atoms with Gasteiger partial charge in [0, 0.05) is 30.9 Å². The van der Waals surface area contributed by atoms with Crippen LogP contribution in [0.25, 0.3) is 0 Å². The summed E-state index contributed by atoms with van der Waals surface area (Å²) in [6.07, 6.45) is 6.79. The Morgan fingerprint density at radius 2 is 2.19 bits per heavy atom. The van der Waals surface area contributed by atoms with Gasteiger partial charge in [0.05, 0.1) is 6.54 Å². The molecule has 1 heterocycles. The van der Waals surface area contributed by atoms with Crippen molar-refractivity contribution < 1.29 is 4.79 Å². The predicted molar refractivity (Wildman–Crippen MR) is 83.2 cm³/mol. The standard InChI is InChI=1S/C16H24N4O/c1-20(10-15(21)18-13-6-7-13)16-12(9-17)8-11-4-2-3-5-14(11)19-16/h8,13H,2-7,9-10,17H2,1H3,(H,18,21). The Morgan fingerprint density at radius 1 is 1.43 bits per heavy atom. The Hall–Kier alpha value is -1.62. The number of likely N-dealkylation sites (N-methyl/N-ethyl adjacent to an activating group) is 1. The van der Waals surface area contributed by atoms with Crippen LogP contribution < -0.4 is 16.0 Å². The number of aryl methyl sites for hydroxylation is 2. The molecule has 21 heavy (non-hydrogen) atoms. The lowest BCUT2D eigenvalue weighted by Gasteiger charge is -2.24. The van der Waals surface area contributed by atoms with Crippen molar-refractivity contribution in [2.45, 2.75) is 51.1 Å². The van der Waals surface area contributed by atoms with Crippen LogP contribution in [0.4, 0.5) is 5.82 Å². The summed E-state index contributed by atoms with van der Waals surface area (Å²) in [5, 5.41) is 3.01. The molecule has 5 nitrogen and oxygen atoms in total. The highest BCUT2D eigenvalue weighted by Gasteiger charge is 2.24. The highest BCUT2D eigenvalue weighted by molar-refractivity contribution is 5.81. The molecule has 2 aliphatic rings. The van der Waals surface area contributed by atoms with E-state index in [4.69, 9.17) is 10.7 Å². The zero-order valence-electron chi connectivity index (χ0n) is 12.7. The number of anilines is 1. The number of aromatic nitrogens is 1. The Bertz CT molecular complexity index is 539. The van der Waals surface area contributed by atoms with Crippen LogP contribution in [0.2, 0.25) is 0 Å². The molecule has 114 valence electrons. The Balaban J connectivity index is 1.76. The highest BCUT2D eigenvalue weighted by Crippen LogP contribution is 2.26. The highest BCUT2D eigenvalue weighted by atomic mass is 16.2. The first-order chi connectivity index (χ1) is 10.2. The van der Waals surface area contributed by atoms with Gasteiger partial charge in [0.1, 0.15) is 5.82 Å². The summed E-state index contributed by atoms with van der Waals surface area (Å²) >= 11 is 0. The molecular formula is C16H24N4O. The van der Waals surface area contributed by atoms with Gasteiger partial charge in [0.2, 0.25) is 5.91 Å². The normalized spacial score (nSPS) is 17.2. The number of carbonyl (C=O) groups is 1.